The van der Waals surface area contributed by atoms with Crippen molar-refractivity contribution >= 4 is 0 Å². The van der Waals surface area contributed by atoms with Crippen molar-refractivity contribution in [2.24, 2.45) is 13.0 Å². The van der Waals surface area contributed by atoms with Crippen LogP contribution in [-0.2, 0) is 18.3 Å². The molecule has 1 aromatic heterocycles. The molecule has 35 heavy (non-hydrogen) atoms. The molecule has 0 spiro atoms. The van der Waals surface area contributed by atoms with E-state index in [0.29, 0.717) is 43.9 Å². The molecule has 0 bridgehead atoms. The van der Waals surface area contributed by atoms with Crippen LogP contribution in [0.1, 0.15) is 33.3 Å². The SMILES string of the molecule is COc1ccc(Oc2c(CN(CC(O)COCC(C)C)C(C)C)c(-c3ccccc3)nn2C)cc1. The number of aliphatic hydroxyl groups is 1. The highest BCUT2D eigenvalue weighted by atomic mass is 16.5. The van der Waals surface area contributed by atoms with Gasteiger partial charge < -0.3 is 19.3 Å². The summed E-state index contributed by atoms with van der Waals surface area (Å²) in [5, 5.41) is 15.5. The predicted octanol–water partition coefficient (Wildman–Crippen LogP) is 5.13. The third-order valence-electron chi connectivity index (χ3n) is 5.71. The minimum Gasteiger partial charge on any atom is -0.497 e. The summed E-state index contributed by atoms with van der Waals surface area (Å²) >= 11 is 0. The summed E-state index contributed by atoms with van der Waals surface area (Å²) in [5.41, 5.74) is 2.86. The molecule has 1 atom stereocenters. The first-order valence-corrected chi connectivity index (χ1v) is 12.2. The van der Waals surface area contributed by atoms with Crippen LogP contribution in [-0.4, -0.2) is 58.8 Å². The van der Waals surface area contributed by atoms with Crippen molar-refractivity contribution in [3.63, 3.8) is 0 Å². The first-order valence-electron chi connectivity index (χ1n) is 12.2. The Morgan fingerprint density at radius 3 is 2.20 bits per heavy atom. The Bertz CT molecular complexity index is 1030. The van der Waals surface area contributed by atoms with Gasteiger partial charge in [-0.25, -0.2) is 4.68 Å². The van der Waals surface area contributed by atoms with Crippen LogP contribution in [0.4, 0.5) is 0 Å². The lowest BCUT2D eigenvalue weighted by Crippen LogP contribution is -2.39. The summed E-state index contributed by atoms with van der Waals surface area (Å²) < 4.78 is 19.1. The van der Waals surface area contributed by atoms with E-state index in [1.807, 2.05) is 49.5 Å². The van der Waals surface area contributed by atoms with Crippen molar-refractivity contribution < 1.29 is 19.3 Å². The van der Waals surface area contributed by atoms with Crippen molar-refractivity contribution in [1.82, 2.24) is 14.7 Å². The summed E-state index contributed by atoms with van der Waals surface area (Å²) in [5.74, 6) is 2.58. The molecule has 0 aliphatic carbocycles. The standard InChI is InChI=1S/C28H39N3O4/c1-20(2)18-34-19-23(32)16-31(21(3)4)17-26-27(22-10-8-7-9-11-22)29-30(5)28(26)35-25-14-12-24(33-6)13-15-25/h7-15,20-21,23,32H,16-19H2,1-6H3. The molecule has 1 heterocycles. The quantitative estimate of drug-likeness (QED) is 0.365. The van der Waals surface area contributed by atoms with Crippen molar-refractivity contribution in [1.29, 1.82) is 0 Å². The fraction of sp³-hybridized carbons (Fsp3) is 0.464. The van der Waals surface area contributed by atoms with E-state index >= 15 is 0 Å². The number of benzene rings is 2. The Labute approximate surface area is 209 Å². The Morgan fingerprint density at radius 2 is 1.60 bits per heavy atom. The molecule has 0 fully saturated rings. The van der Waals surface area contributed by atoms with Gasteiger partial charge in [0.2, 0.25) is 5.88 Å². The number of aromatic nitrogens is 2. The molecule has 0 amide bonds. The molecule has 0 saturated carbocycles. The second kappa shape index (κ2) is 12.7. The number of hydrogen-bond donors (Lipinski definition) is 1. The van der Waals surface area contributed by atoms with Crippen LogP contribution in [0.25, 0.3) is 11.3 Å². The fourth-order valence-corrected chi connectivity index (χ4v) is 3.83. The van der Waals surface area contributed by atoms with E-state index < -0.39 is 6.10 Å². The molecule has 190 valence electrons. The smallest absolute Gasteiger partial charge is 0.222 e. The van der Waals surface area contributed by atoms with Crippen molar-refractivity contribution in [2.75, 3.05) is 26.9 Å². The average Bonchev–Trinajstić information content (AvgIpc) is 3.14. The number of methoxy groups -OCH3 is 1. The van der Waals surface area contributed by atoms with Crippen LogP contribution < -0.4 is 9.47 Å². The van der Waals surface area contributed by atoms with Gasteiger partial charge in [0.15, 0.2) is 0 Å². The first-order chi connectivity index (χ1) is 16.8. The minimum atomic E-state index is -0.584. The summed E-state index contributed by atoms with van der Waals surface area (Å²) in [6.45, 7) is 10.5. The van der Waals surface area contributed by atoms with Crippen molar-refractivity contribution in [3.05, 3.63) is 60.2 Å². The first kappa shape index (κ1) is 26.7. The molecule has 2 aromatic carbocycles. The highest BCUT2D eigenvalue weighted by Gasteiger charge is 2.24. The molecule has 7 nitrogen and oxygen atoms in total. The zero-order chi connectivity index (χ0) is 25.4. The van der Waals surface area contributed by atoms with E-state index in [4.69, 9.17) is 19.3 Å². The molecule has 3 aromatic rings. The number of ether oxygens (including phenoxy) is 3. The highest BCUT2D eigenvalue weighted by Crippen LogP contribution is 2.35. The molecule has 1 N–H and O–H groups in total. The van der Waals surface area contributed by atoms with Crippen LogP contribution >= 0.6 is 0 Å². The van der Waals surface area contributed by atoms with Crippen molar-refractivity contribution in [3.8, 4) is 28.6 Å². The second-order valence-corrected chi connectivity index (χ2v) is 9.51. The van der Waals surface area contributed by atoms with Crippen LogP contribution in [0.15, 0.2) is 54.6 Å². The summed E-state index contributed by atoms with van der Waals surface area (Å²) in [6, 6.07) is 17.8. The molecule has 7 heteroatoms. The van der Waals surface area contributed by atoms with Crippen molar-refractivity contribution in [2.45, 2.75) is 46.4 Å². The van der Waals surface area contributed by atoms with Gasteiger partial charge >= 0.3 is 0 Å². The van der Waals surface area contributed by atoms with E-state index in [0.717, 1.165) is 22.6 Å². The second-order valence-electron chi connectivity index (χ2n) is 9.51. The molecule has 0 aliphatic rings. The molecular weight excluding hydrogens is 442 g/mol. The maximum absolute atomic E-state index is 10.7. The highest BCUT2D eigenvalue weighted by molar-refractivity contribution is 5.65. The van der Waals surface area contributed by atoms with Gasteiger partial charge in [-0.15, -0.1) is 0 Å². The molecule has 1 unspecified atom stereocenters. The molecular formula is C28H39N3O4. The van der Waals surface area contributed by atoms with E-state index in [1.165, 1.54) is 0 Å². The van der Waals surface area contributed by atoms with Gasteiger partial charge in [0, 0.05) is 38.3 Å². The number of nitrogens with zero attached hydrogens (tertiary/aromatic N) is 3. The number of hydrogen-bond acceptors (Lipinski definition) is 6. The van der Waals surface area contributed by atoms with Crippen LogP contribution in [0.2, 0.25) is 0 Å². The monoisotopic (exact) mass is 481 g/mol. The van der Waals surface area contributed by atoms with Gasteiger partial charge in [0.25, 0.3) is 0 Å². The van der Waals surface area contributed by atoms with Crippen LogP contribution in [0.3, 0.4) is 0 Å². The lowest BCUT2D eigenvalue weighted by Gasteiger charge is -2.29. The topological polar surface area (TPSA) is 69.0 Å². The van der Waals surface area contributed by atoms with Crippen LogP contribution in [0.5, 0.6) is 17.4 Å². The Morgan fingerprint density at radius 1 is 0.943 bits per heavy atom. The van der Waals surface area contributed by atoms with Gasteiger partial charge in [0.05, 0.1) is 25.4 Å². The zero-order valence-corrected chi connectivity index (χ0v) is 21.8. The normalized spacial score (nSPS) is 12.5. The zero-order valence-electron chi connectivity index (χ0n) is 21.8. The van der Waals surface area contributed by atoms with Gasteiger partial charge in [-0.3, -0.25) is 4.90 Å². The van der Waals surface area contributed by atoms with E-state index in [2.05, 4.69) is 44.7 Å². The summed E-state index contributed by atoms with van der Waals surface area (Å²) in [7, 11) is 3.53. The Balaban J connectivity index is 1.90. The maximum atomic E-state index is 10.7. The van der Waals surface area contributed by atoms with Gasteiger partial charge in [0.1, 0.15) is 17.2 Å². The van der Waals surface area contributed by atoms with E-state index in [-0.39, 0.29) is 6.04 Å². The fourth-order valence-electron chi connectivity index (χ4n) is 3.83. The average molecular weight is 482 g/mol. The third kappa shape index (κ3) is 7.56. The van der Waals surface area contributed by atoms with Gasteiger partial charge in [-0.05, 0) is 44.0 Å². The number of aliphatic hydroxyl groups excluding tert-OH is 1. The summed E-state index contributed by atoms with van der Waals surface area (Å²) in [4.78, 5) is 2.23. The van der Waals surface area contributed by atoms with Gasteiger partial charge in [-0.2, -0.15) is 5.10 Å². The van der Waals surface area contributed by atoms with Crippen LogP contribution in [0, 0.1) is 5.92 Å². The maximum Gasteiger partial charge on any atom is 0.222 e. The lowest BCUT2D eigenvalue weighted by atomic mass is 10.1. The largest absolute Gasteiger partial charge is 0.497 e. The lowest BCUT2D eigenvalue weighted by molar-refractivity contribution is 0.00166. The van der Waals surface area contributed by atoms with E-state index in [1.54, 1.807) is 11.8 Å². The predicted molar refractivity (Wildman–Crippen MR) is 139 cm³/mol. The molecule has 0 radical (unpaired) electrons. The molecule has 3 rings (SSSR count). The molecule has 0 aliphatic heterocycles. The number of rotatable bonds is 13. The molecule has 0 saturated heterocycles. The minimum absolute atomic E-state index is 0.201. The third-order valence-corrected chi connectivity index (χ3v) is 5.71. The van der Waals surface area contributed by atoms with Gasteiger partial charge in [-0.1, -0.05) is 44.2 Å². The van der Waals surface area contributed by atoms with E-state index in [9.17, 15) is 5.11 Å². The Hall–Kier alpha value is -2.87. The summed E-state index contributed by atoms with van der Waals surface area (Å²) in [6.07, 6.45) is -0.584. The number of aryl methyl sites for hydroxylation is 1. The Kier molecular flexibility index (Phi) is 9.72.